The van der Waals surface area contributed by atoms with E-state index in [1.807, 2.05) is 6.92 Å². The van der Waals surface area contributed by atoms with Gasteiger partial charge in [-0.1, -0.05) is 6.92 Å². The van der Waals surface area contributed by atoms with Crippen molar-refractivity contribution in [3.05, 3.63) is 0 Å². The lowest BCUT2D eigenvalue weighted by Crippen LogP contribution is -2.55. The lowest BCUT2D eigenvalue weighted by atomic mass is 9.96. The van der Waals surface area contributed by atoms with E-state index in [2.05, 4.69) is 31.0 Å². The average Bonchev–Trinajstić information content (AvgIpc) is 2.31. The van der Waals surface area contributed by atoms with Crippen molar-refractivity contribution in [2.75, 3.05) is 26.2 Å². The first-order valence-electron chi connectivity index (χ1n) is 7.57. The Hall–Kier alpha value is -0.650. The van der Waals surface area contributed by atoms with E-state index in [-0.39, 0.29) is 11.7 Å². The molecule has 1 saturated heterocycles. The Balaban J connectivity index is 2.56. The number of morpholine rings is 1. The van der Waals surface area contributed by atoms with Crippen LogP contribution in [-0.2, 0) is 9.53 Å². The number of carboxylic acid groups (broad SMARTS) is 1. The van der Waals surface area contributed by atoms with Crippen LogP contribution in [0.3, 0.4) is 0 Å². The van der Waals surface area contributed by atoms with Crippen LogP contribution in [0.4, 0.5) is 0 Å². The molecule has 0 radical (unpaired) electrons. The highest BCUT2D eigenvalue weighted by Gasteiger charge is 2.35. The van der Waals surface area contributed by atoms with E-state index < -0.39 is 11.5 Å². The summed E-state index contributed by atoms with van der Waals surface area (Å²) in [6, 6.07) is 0. The van der Waals surface area contributed by atoms with E-state index in [0.717, 1.165) is 32.6 Å². The second-order valence-electron chi connectivity index (χ2n) is 6.74. The normalized spacial score (nSPS) is 26.1. The Bertz CT molecular complexity index is 333. The summed E-state index contributed by atoms with van der Waals surface area (Å²) in [6.45, 7) is 13.3. The van der Waals surface area contributed by atoms with Crippen molar-refractivity contribution in [3.8, 4) is 0 Å². The SMILES string of the molecule is CCCNC(C)(CCN1CC(C)OC(C)(C)C1)C(=O)O. The van der Waals surface area contributed by atoms with Gasteiger partial charge in [-0.2, -0.15) is 0 Å². The highest BCUT2D eigenvalue weighted by atomic mass is 16.5. The number of hydrogen-bond donors (Lipinski definition) is 2. The summed E-state index contributed by atoms with van der Waals surface area (Å²) in [6.07, 6.45) is 1.73. The van der Waals surface area contributed by atoms with Crippen molar-refractivity contribution in [3.63, 3.8) is 0 Å². The highest BCUT2D eigenvalue weighted by Crippen LogP contribution is 2.22. The van der Waals surface area contributed by atoms with Crippen molar-refractivity contribution in [1.82, 2.24) is 10.2 Å². The molecule has 0 amide bonds. The molecule has 0 spiro atoms. The first-order chi connectivity index (χ1) is 9.18. The van der Waals surface area contributed by atoms with Crippen LogP contribution in [0, 0.1) is 0 Å². The summed E-state index contributed by atoms with van der Waals surface area (Å²) >= 11 is 0. The van der Waals surface area contributed by atoms with E-state index in [1.54, 1.807) is 6.92 Å². The summed E-state index contributed by atoms with van der Waals surface area (Å²) in [5, 5.41) is 12.6. The van der Waals surface area contributed by atoms with E-state index in [4.69, 9.17) is 4.74 Å². The predicted molar refractivity (Wildman–Crippen MR) is 80.0 cm³/mol. The minimum atomic E-state index is -0.846. The number of ether oxygens (including phenoxy) is 1. The van der Waals surface area contributed by atoms with Crippen molar-refractivity contribution in [1.29, 1.82) is 0 Å². The smallest absolute Gasteiger partial charge is 0.323 e. The first-order valence-corrected chi connectivity index (χ1v) is 7.57. The summed E-state index contributed by atoms with van der Waals surface area (Å²) in [7, 11) is 0. The third kappa shape index (κ3) is 5.04. The van der Waals surface area contributed by atoms with Gasteiger partial charge in [-0.15, -0.1) is 0 Å². The Morgan fingerprint density at radius 3 is 2.70 bits per heavy atom. The number of nitrogens with zero attached hydrogens (tertiary/aromatic N) is 1. The topological polar surface area (TPSA) is 61.8 Å². The third-order valence-corrected chi connectivity index (χ3v) is 3.81. The van der Waals surface area contributed by atoms with Crippen molar-refractivity contribution >= 4 is 5.97 Å². The molecule has 5 heteroatoms. The summed E-state index contributed by atoms with van der Waals surface area (Å²) in [5.74, 6) is -0.772. The molecule has 2 N–H and O–H groups in total. The first kappa shape index (κ1) is 17.4. The predicted octanol–water partition coefficient (Wildman–Crippen LogP) is 1.72. The van der Waals surface area contributed by atoms with Crippen LogP contribution in [0.15, 0.2) is 0 Å². The van der Waals surface area contributed by atoms with Crippen LogP contribution in [0.5, 0.6) is 0 Å². The fourth-order valence-corrected chi connectivity index (χ4v) is 2.81. The van der Waals surface area contributed by atoms with Gasteiger partial charge >= 0.3 is 5.97 Å². The van der Waals surface area contributed by atoms with Crippen LogP contribution >= 0.6 is 0 Å². The van der Waals surface area contributed by atoms with Gasteiger partial charge in [0.15, 0.2) is 0 Å². The molecule has 0 aromatic carbocycles. The van der Waals surface area contributed by atoms with Crippen LogP contribution in [0.1, 0.15) is 47.5 Å². The molecule has 118 valence electrons. The Morgan fingerprint density at radius 2 is 2.20 bits per heavy atom. The standard InChI is InChI=1S/C15H30N2O3/c1-6-8-16-15(5,13(18)19)7-9-17-10-12(2)20-14(3,4)11-17/h12,16H,6-11H2,1-5H3,(H,18,19). The molecule has 1 fully saturated rings. The number of nitrogens with one attached hydrogen (secondary N) is 1. The van der Waals surface area contributed by atoms with Crippen LogP contribution in [-0.4, -0.2) is 59.4 Å². The average molecular weight is 286 g/mol. The van der Waals surface area contributed by atoms with E-state index in [9.17, 15) is 9.90 Å². The van der Waals surface area contributed by atoms with Crippen LogP contribution < -0.4 is 5.32 Å². The zero-order valence-corrected chi connectivity index (χ0v) is 13.5. The molecule has 0 aliphatic carbocycles. The number of carboxylic acids is 1. The molecule has 1 aliphatic rings. The Labute approximate surface area is 122 Å². The van der Waals surface area contributed by atoms with E-state index in [1.165, 1.54) is 0 Å². The number of aliphatic carboxylic acids is 1. The molecule has 0 aromatic heterocycles. The molecular formula is C15H30N2O3. The lowest BCUT2D eigenvalue weighted by Gasteiger charge is -2.42. The highest BCUT2D eigenvalue weighted by molar-refractivity contribution is 5.78. The maximum atomic E-state index is 11.5. The fourth-order valence-electron chi connectivity index (χ4n) is 2.81. The van der Waals surface area contributed by atoms with Crippen LogP contribution in [0.2, 0.25) is 0 Å². The molecule has 0 aromatic rings. The summed E-state index contributed by atoms with van der Waals surface area (Å²) < 4.78 is 5.87. The minimum absolute atomic E-state index is 0.159. The maximum absolute atomic E-state index is 11.5. The van der Waals surface area contributed by atoms with Gasteiger partial charge in [-0.05, 0) is 47.1 Å². The quantitative estimate of drug-likeness (QED) is 0.746. The summed E-state index contributed by atoms with van der Waals surface area (Å²) in [5.41, 5.74) is -1.00. The molecule has 5 nitrogen and oxygen atoms in total. The Kier molecular flexibility index (Phi) is 5.98. The van der Waals surface area contributed by atoms with Gasteiger partial charge in [-0.3, -0.25) is 9.69 Å². The van der Waals surface area contributed by atoms with Gasteiger partial charge in [0.25, 0.3) is 0 Å². The molecule has 20 heavy (non-hydrogen) atoms. The van der Waals surface area contributed by atoms with Gasteiger partial charge in [0, 0.05) is 19.6 Å². The molecule has 2 atom stereocenters. The third-order valence-electron chi connectivity index (χ3n) is 3.81. The molecule has 1 aliphatic heterocycles. The molecule has 0 bridgehead atoms. The number of rotatable bonds is 7. The fraction of sp³-hybridized carbons (Fsp3) is 0.933. The van der Waals surface area contributed by atoms with E-state index in [0.29, 0.717) is 6.42 Å². The lowest BCUT2D eigenvalue weighted by molar-refractivity contribution is -0.146. The Morgan fingerprint density at radius 1 is 1.55 bits per heavy atom. The molecule has 2 unspecified atom stereocenters. The number of hydrogen-bond acceptors (Lipinski definition) is 4. The molecular weight excluding hydrogens is 256 g/mol. The van der Waals surface area contributed by atoms with Crippen molar-refractivity contribution in [2.45, 2.75) is 64.7 Å². The zero-order chi connectivity index (χ0) is 15.4. The summed E-state index contributed by atoms with van der Waals surface area (Å²) in [4.78, 5) is 13.8. The van der Waals surface area contributed by atoms with Crippen LogP contribution in [0.25, 0.3) is 0 Å². The monoisotopic (exact) mass is 286 g/mol. The van der Waals surface area contributed by atoms with Crippen molar-refractivity contribution in [2.24, 2.45) is 0 Å². The second kappa shape index (κ2) is 6.87. The van der Waals surface area contributed by atoms with Gasteiger partial charge in [-0.25, -0.2) is 0 Å². The largest absolute Gasteiger partial charge is 0.480 e. The van der Waals surface area contributed by atoms with Gasteiger partial charge in [0.2, 0.25) is 0 Å². The van der Waals surface area contributed by atoms with Gasteiger partial charge in [0.1, 0.15) is 5.54 Å². The van der Waals surface area contributed by atoms with Gasteiger partial charge in [0.05, 0.1) is 11.7 Å². The second-order valence-corrected chi connectivity index (χ2v) is 6.74. The zero-order valence-electron chi connectivity index (χ0n) is 13.5. The van der Waals surface area contributed by atoms with Gasteiger partial charge < -0.3 is 15.2 Å². The maximum Gasteiger partial charge on any atom is 0.323 e. The molecule has 0 saturated carbocycles. The van der Waals surface area contributed by atoms with E-state index >= 15 is 0 Å². The van der Waals surface area contributed by atoms with Crippen molar-refractivity contribution < 1.29 is 14.6 Å². The molecule has 1 heterocycles. The molecule has 1 rings (SSSR count). The number of carbonyl (C=O) groups is 1. The minimum Gasteiger partial charge on any atom is -0.480 e.